The first-order valence-corrected chi connectivity index (χ1v) is 11.3. The number of carbonyl (C=O) groups excluding carboxylic acids is 1. The van der Waals surface area contributed by atoms with Crippen LogP contribution in [0, 0.1) is 6.92 Å². The number of nitrogens with zero attached hydrogens (tertiary/aromatic N) is 1. The van der Waals surface area contributed by atoms with Crippen molar-refractivity contribution in [2.24, 2.45) is 0 Å². The standard InChI is InChI=1S/C25H28N2O2S/c1-3-21-17-22(25(30-21)26-24(28)20-7-5-4-6-8-20)23(27-13-15-29-16-14-27)19-11-9-18(2)10-12-19/h4-12,17,23H,3,13-16H2,1-2H3,(H,26,28)/t23-/m1/s1. The Morgan fingerprint density at radius 3 is 2.47 bits per heavy atom. The summed E-state index contributed by atoms with van der Waals surface area (Å²) in [5, 5.41) is 4.15. The predicted octanol–water partition coefficient (Wildman–Crippen LogP) is 5.29. The Morgan fingerprint density at radius 2 is 1.80 bits per heavy atom. The average molecular weight is 421 g/mol. The van der Waals surface area contributed by atoms with E-state index in [9.17, 15) is 4.79 Å². The molecular formula is C25H28N2O2S. The van der Waals surface area contributed by atoms with Crippen LogP contribution in [0.15, 0.2) is 60.7 Å². The van der Waals surface area contributed by atoms with Crippen molar-refractivity contribution in [3.05, 3.63) is 87.8 Å². The first-order chi connectivity index (χ1) is 14.7. The molecule has 3 aromatic rings. The van der Waals surface area contributed by atoms with Crippen molar-refractivity contribution >= 4 is 22.2 Å². The molecule has 0 saturated carbocycles. The third-order valence-electron chi connectivity index (χ3n) is 5.52. The van der Waals surface area contributed by atoms with Crippen LogP contribution in [-0.4, -0.2) is 37.1 Å². The molecule has 0 spiro atoms. The highest BCUT2D eigenvalue weighted by molar-refractivity contribution is 7.16. The number of anilines is 1. The van der Waals surface area contributed by atoms with Gasteiger partial charge in [0.1, 0.15) is 5.00 Å². The fraction of sp³-hybridized carbons (Fsp3) is 0.320. The zero-order valence-electron chi connectivity index (χ0n) is 17.6. The van der Waals surface area contributed by atoms with Crippen LogP contribution in [-0.2, 0) is 11.2 Å². The number of ether oxygens (including phenoxy) is 1. The molecule has 0 radical (unpaired) electrons. The lowest BCUT2D eigenvalue weighted by Gasteiger charge is -2.35. The molecular weight excluding hydrogens is 392 g/mol. The second-order valence-electron chi connectivity index (χ2n) is 7.63. The number of hydrogen-bond donors (Lipinski definition) is 1. The predicted molar refractivity (Wildman–Crippen MR) is 124 cm³/mol. The molecule has 5 heteroatoms. The van der Waals surface area contributed by atoms with Crippen molar-refractivity contribution < 1.29 is 9.53 Å². The molecule has 2 aromatic carbocycles. The van der Waals surface area contributed by atoms with E-state index in [0.29, 0.717) is 5.56 Å². The van der Waals surface area contributed by atoms with E-state index in [1.54, 1.807) is 11.3 Å². The number of thiophene rings is 1. The third kappa shape index (κ3) is 4.64. The van der Waals surface area contributed by atoms with Crippen LogP contribution < -0.4 is 5.32 Å². The minimum atomic E-state index is -0.0639. The molecule has 30 heavy (non-hydrogen) atoms. The minimum Gasteiger partial charge on any atom is -0.379 e. The van der Waals surface area contributed by atoms with Gasteiger partial charge < -0.3 is 10.1 Å². The molecule has 0 aliphatic carbocycles. The van der Waals surface area contributed by atoms with Crippen molar-refractivity contribution in [1.82, 2.24) is 4.90 Å². The zero-order valence-corrected chi connectivity index (χ0v) is 18.4. The number of hydrogen-bond acceptors (Lipinski definition) is 4. The van der Waals surface area contributed by atoms with Crippen molar-refractivity contribution in [3.8, 4) is 0 Å². The van der Waals surface area contributed by atoms with Crippen LogP contribution in [0.1, 0.15) is 44.9 Å². The third-order valence-corrected chi connectivity index (χ3v) is 6.73. The van der Waals surface area contributed by atoms with E-state index in [1.807, 2.05) is 30.3 Å². The molecule has 1 aromatic heterocycles. The number of nitrogens with one attached hydrogen (secondary N) is 1. The van der Waals surface area contributed by atoms with E-state index in [2.05, 4.69) is 54.4 Å². The molecule has 4 nitrogen and oxygen atoms in total. The zero-order chi connectivity index (χ0) is 20.9. The summed E-state index contributed by atoms with van der Waals surface area (Å²) in [6, 6.07) is 20.5. The Bertz CT molecular complexity index is 976. The summed E-state index contributed by atoms with van der Waals surface area (Å²) in [5.41, 5.74) is 4.34. The normalized spacial score (nSPS) is 15.7. The Morgan fingerprint density at radius 1 is 1.10 bits per heavy atom. The van der Waals surface area contributed by atoms with Crippen LogP contribution in [0.4, 0.5) is 5.00 Å². The van der Waals surface area contributed by atoms with E-state index >= 15 is 0 Å². The van der Waals surface area contributed by atoms with Gasteiger partial charge in [-0.1, -0.05) is 55.0 Å². The maximum Gasteiger partial charge on any atom is 0.256 e. The van der Waals surface area contributed by atoms with Crippen LogP contribution in [0.3, 0.4) is 0 Å². The molecule has 1 aliphatic rings. The fourth-order valence-corrected chi connectivity index (χ4v) is 4.89. The van der Waals surface area contributed by atoms with Gasteiger partial charge in [0.05, 0.1) is 19.3 Å². The largest absolute Gasteiger partial charge is 0.379 e. The molecule has 0 unspecified atom stereocenters. The van der Waals surface area contributed by atoms with Crippen LogP contribution >= 0.6 is 11.3 Å². The highest BCUT2D eigenvalue weighted by atomic mass is 32.1. The van der Waals surface area contributed by atoms with Gasteiger partial charge in [0.15, 0.2) is 0 Å². The SMILES string of the molecule is CCc1cc([C@@H](c2ccc(C)cc2)N2CCOCC2)c(NC(=O)c2ccccc2)s1. The smallest absolute Gasteiger partial charge is 0.256 e. The van der Waals surface area contributed by atoms with Gasteiger partial charge in [0.25, 0.3) is 5.91 Å². The second-order valence-corrected chi connectivity index (χ2v) is 8.77. The first-order valence-electron chi connectivity index (χ1n) is 10.5. The monoisotopic (exact) mass is 420 g/mol. The van der Waals surface area contributed by atoms with E-state index < -0.39 is 0 Å². The fourth-order valence-electron chi connectivity index (χ4n) is 3.87. The molecule has 0 bridgehead atoms. The molecule has 1 saturated heterocycles. The van der Waals surface area contributed by atoms with Crippen LogP contribution in [0.2, 0.25) is 0 Å². The molecule has 2 heterocycles. The molecule has 1 amide bonds. The van der Waals surface area contributed by atoms with Crippen molar-refractivity contribution in [3.63, 3.8) is 0 Å². The Labute approximate surface area is 182 Å². The molecule has 1 atom stereocenters. The highest BCUT2D eigenvalue weighted by Crippen LogP contribution is 2.40. The lowest BCUT2D eigenvalue weighted by molar-refractivity contribution is 0.0241. The van der Waals surface area contributed by atoms with Gasteiger partial charge in [-0.3, -0.25) is 9.69 Å². The van der Waals surface area contributed by atoms with Crippen molar-refractivity contribution in [2.75, 3.05) is 31.6 Å². The first kappa shape index (κ1) is 20.8. The number of morpholine rings is 1. The van der Waals surface area contributed by atoms with Gasteiger partial charge >= 0.3 is 0 Å². The van der Waals surface area contributed by atoms with Gasteiger partial charge in [-0.2, -0.15) is 0 Å². The maximum absolute atomic E-state index is 12.9. The van der Waals surface area contributed by atoms with Gasteiger partial charge in [-0.25, -0.2) is 0 Å². The van der Waals surface area contributed by atoms with E-state index in [4.69, 9.17) is 4.74 Å². The van der Waals surface area contributed by atoms with E-state index in [0.717, 1.165) is 37.7 Å². The summed E-state index contributed by atoms with van der Waals surface area (Å²) in [4.78, 5) is 16.6. The summed E-state index contributed by atoms with van der Waals surface area (Å²) in [6.07, 6.45) is 0.947. The summed E-state index contributed by atoms with van der Waals surface area (Å²) >= 11 is 1.68. The Balaban J connectivity index is 1.73. The summed E-state index contributed by atoms with van der Waals surface area (Å²) in [7, 11) is 0. The van der Waals surface area contributed by atoms with Crippen molar-refractivity contribution in [1.29, 1.82) is 0 Å². The van der Waals surface area contributed by atoms with E-state index in [-0.39, 0.29) is 11.9 Å². The Hall–Kier alpha value is -2.47. The second kappa shape index (κ2) is 9.56. The van der Waals surface area contributed by atoms with Gasteiger partial charge in [-0.15, -0.1) is 11.3 Å². The lowest BCUT2D eigenvalue weighted by Crippen LogP contribution is -2.39. The summed E-state index contributed by atoms with van der Waals surface area (Å²) < 4.78 is 5.61. The lowest BCUT2D eigenvalue weighted by atomic mass is 9.96. The molecule has 1 fully saturated rings. The summed E-state index contributed by atoms with van der Waals surface area (Å²) in [6.45, 7) is 7.49. The number of amides is 1. The maximum atomic E-state index is 12.9. The average Bonchev–Trinajstić information content (AvgIpc) is 3.19. The number of carbonyl (C=O) groups is 1. The molecule has 4 rings (SSSR count). The van der Waals surface area contributed by atoms with Crippen LogP contribution in [0.25, 0.3) is 0 Å². The van der Waals surface area contributed by atoms with Gasteiger partial charge in [0, 0.05) is 29.1 Å². The molecule has 156 valence electrons. The number of benzene rings is 2. The number of aryl methyl sites for hydroxylation is 2. The van der Waals surface area contributed by atoms with Gasteiger partial charge in [0.2, 0.25) is 0 Å². The molecule has 1 aliphatic heterocycles. The highest BCUT2D eigenvalue weighted by Gasteiger charge is 2.28. The van der Waals surface area contributed by atoms with Crippen LogP contribution in [0.5, 0.6) is 0 Å². The molecule has 1 N–H and O–H groups in total. The number of rotatable bonds is 6. The quantitative estimate of drug-likeness (QED) is 0.589. The van der Waals surface area contributed by atoms with Gasteiger partial charge in [-0.05, 0) is 37.1 Å². The van der Waals surface area contributed by atoms with E-state index in [1.165, 1.54) is 21.6 Å². The summed E-state index contributed by atoms with van der Waals surface area (Å²) in [5.74, 6) is -0.0639. The van der Waals surface area contributed by atoms with Crippen molar-refractivity contribution in [2.45, 2.75) is 26.3 Å². The Kier molecular flexibility index (Phi) is 6.62. The topological polar surface area (TPSA) is 41.6 Å². The minimum absolute atomic E-state index is 0.0639.